The van der Waals surface area contributed by atoms with E-state index in [0.717, 1.165) is 0 Å². The minimum atomic E-state index is -0.928. The van der Waals surface area contributed by atoms with Crippen molar-refractivity contribution in [2.24, 2.45) is 5.92 Å². The highest BCUT2D eigenvalue weighted by Gasteiger charge is 2.39. The van der Waals surface area contributed by atoms with Crippen LogP contribution >= 0.6 is 0 Å². The van der Waals surface area contributed by atoms with Crippen molar-refractivity contribution in [3.8, 4) is 0 Å². The SMILES string of the molecule is O=C(Nc1ccc2n[nH]nc2c1)C1CC(=O)N(C2CCN(C(=O)O)CC2)C1. The molecule has 3 heterocycles. The summed E-state index contributed by atoms with van der Waals surface area (Å²) in [5, 5.41) is 22.4. The van der Waals surface area contributed by atoms with Gasteiger partial charge < -0.3 is 20.2 Å². The molecule has 1 unspecified atom stereocenters. The lowest BCUT2D eigenvalue weighted by Crippen LogP contribution is -2.47. The van der Waals surface area contributed by atoms with Crippen LogP contribution in [-0.4, -0.2) is 73.9 Å². The molecule has 0 saturated carbocycles. The van der Waals surface area contributed by atoms with Crippen molar-refractivity contribution in [1.29, 1.82) is 0 Å². The molecular formula is C17H20N6O4. The fourth-order valence-corrected chi connectivity index (χ4v) is 3.79. The number of carbonyl (C=O) groups excluding carboxylic acids is 2. The number of hydrogen-bond acceptors (Lipinski definition) is 5. The third-order valence-electron chi connectivity index (χ3n) is 5.29. The van der Waals surface area contributed by atoms with Crippen LogP contribution in [0.15, 0.2) is 18.2 Å². The Bertz CT molecular complexity index is 888. The van der Waals surface area contributed by atoms with Crippen LogP contribution in [0.25, 0.3) is 11.0 Å². The Labute approximate surface area is 154 Å². The molecule has 4 rings (SSSR count). The van der Waals surface area contributed by atoms with E-state index < -0.39 is 12.0 Å². The number of piperidine rings is 1. The second-order valence-electron chi connectivity index (χ2n) is 6.96. The monoisotopic (exact) mass is 372 g/mol. The normalized spacial score (nSPS) is 21.0. The van der Waals surface area contributed by atoms with E-state index in [4.69, 9.17) is 5.11 Å². The fraction of sp³-hybridized carbons (Fsp3) is 0.471. The number of likely N-dealkylation sites (tertiary alicyclic amines) is 2. The number of amides is 3. The number of fused-ring (bicyclic) bond motifs is 1. The Morgan fingerprint density at radius 3 is 2.67 bits per heavy atom. The number of hydrogen-bond donors (Lipinski definition) is 3. The van der Waals surface area contributed by atoms with Gasteiger partial charge in [-0.05, 0) is 31.0 Å². The van der Waals surface area contributed by atoms with E-state index in [0.29, 0.717) is 49.2 Å². The summed E-state index contributed by atoms with van der Waals surface area (Å²) in [5.41, 5.74) is 1.98. The molecule has 10 nitrogen and oxygen atoms in total. The van der Waals surface area contributed by atoms with Gasteiger partial charge in [0.2, 0.25) is 11.8 Å². The standard InChI is InChI=1S/C17H20N6O4/c24-15-7-10(9-23(15)12-3-5-22(6-4-12)17(26)27)16(25)18-11-1-2-13-14(8-11)20-21-19-13/h1-2,8,10,12H,3-7,9H2,(H,18,25)(H,26,27)(H,19,20,21). The number of rotatable bonds is 3. The van der Waals surface area contributed by atoms with Gasteiger partial charge in [0, 0.05) is 37.8 Å². The predicted octanol–water partition coefficient (Wildman–Crippen LogP) is 0.887. The zero-order valence-corrected chi connectivity index (χ0v) is 14.6. The first-order chi connectivity index (χ1) is 13.0. The number of nitrogens with one attached hydrogen (secondary N) is 2. The summed E-state index contributed by atoms with van der Waals surface area (Å²) in [5.74, 6) is -0.657. The maximum atomic E-state index is 12.6. The van der Waals surface area contributed by atoms with Gasteiger partial charge in [0.05, 0.1) is 5.92 Å². The fourth-order valence-electron chi connectivity index (χ4n) is 3.79. The van der Waals surface area contributed by atoms with Gasteiger partial charge in [-0.1, -0.05) is 0 Å². The molecule has 3 N–H and O–H groups in total. The quantitative estimate of drug-likeness (QED) is 0.733. The summed E-state index contributed by atoms with van der Waals surface area (Å²) in [7, 11) is 0. The summed E-state index contributed by atoms with van der Waals surface area (Å²) >= 11 is 0. The average Bonchev–Trinajstić information content (AvgIpc) is 3.28. The molecule has 3 amide bonds. The lowest BCUT2D eigenvalue weighted by molar-refractivity contribution is -0.130. The van der Waals surface area contributed by atoms with Crippen LogP contribution in [0, 0.1) is 5.92 Å². The first-order valence-electron chi connectivity index (χ1n) is 8.90. The van der Waals surface area contributed by atoms with Crippen LogP contribution in [0.5, 0.6) is 0 Å². The molecule has 1 atom stereocenters. The number of carbonyl (C=O) groups is 3. The van der Waals surface area contributed by atoms with Crippen LogP contribution < -0.4 is 5.32 Å². The summed E-state index contributed by atoms with van der Waals surface area (Å²) in [6.45, 7) is 1.20. The molecule has 2 aliphatic heterocycles. The number of carboxylic acid groups (broad SMARTS) is 1. The van der Waals surface area contributed by atoms with Crippen LogP contribution in [0.3, 0.4) is 0 Å². The van der Waals surface area contributed by atoms with Gasteiger partial charge >= 0.3 is 6.09 Å². The third kappa shape index (κ3) is 3.42. The van der Waals surface area contributed by atoms with Crippen molar-refractivity contribution < 1.29 is 19.5 Å². The lowest BCUT2D eigenvalue weighted by Gasteiger charge is -2.35. The van der Waals surface area contributed by atoms with Crippen molar-refractivity contribution in [2.75, 3.05) is 25.0 Å². The number of benzene rings is 1. The molecular weight excluding hydrogens is 352 g/mol. The highest BCUT2D eigenvalue weighted by atomic mass is 16.4. The van der Waals surface area contributed by atoms with Gasteiger partial charge in [-0.2, -0.15) is 15.4 Å². The van der Waals surface area contributed by atoms with E-state index in [1.807, 2.05) is 0 Å². The summed E-state index contributed by atoms with van der Waals surface area (Å²) in [6.07, 6.45) is 0.462. The average molecular weight is 372 g/mol. The number of aromatic amines is 1. The Balaban J connectivity index is 1.37. The summed E-state index contributed by atoms with van der Waals surface area (Å²) < 4.78 is 0. The maximum Gasteiger partial charge on any atom is 0.407 e. The molecule has 1 aromatic carbocycles. The number of H-pyrrole nitrogens is 1. The van der Waals surface area contributed by atoms with Gasteiger partial charge in [-0.15, -0.1) is 0 Å². The Morgan fingerprint density at radius 1 is 1.19 bits per heavy atom. The molecule has 2 saturated heterocycles. The molecule has 142 valence electrons. The van der Waals surface area contributed by atoms with Crippen molar-refractivity contribution in [2.45, 2.75) is 25.3 Å². The van der Waals surface area contributed by atoms with E-state index in [-0.39, 0.29) is 24.3 Å². The highest BCUT2D eigenvalue weighted by Crippen LogP contribution is 2.27. The van der Waals surface area contributed by atoms with Crippen LogP contribution in [-0.2, 0) is 9.59 Å². The van der Waals surface area contributed by atoms with E-state index in [2.05, 4.69) is 20.7 Å². The van der Waals surface area contributed by atoms with E-state index >= 15 is 0 Å². The summed E-state index contributed by atoms with van der Waals surface area (Å²) in [6, 6.07) is 5.24. The number of nitrogens with zero attached hydrogens (tertiary/aromatic N) is 4. The van der Waals surface area contributed by atoms with E-state index in [9.17, 15) is 14.4 Å². The molecule has 0 spiro atoms. The smallest absolute Gasteiger partial charge is 0.407 e. The highest BCUT2D eigenvalue weighted by molar-refractivity contribution is 5.98. The van der Waals surface area contributed by atoms with E-state index in [1.165, 1.54) is 4.90 Å². The van der Waals surface area contributed by atoms with E-state index in [1.54, 1.807) is 23.1 Å². The molecule has 1 aromatic heterocycles. The molecule has 2 aromatic rings. The molecule has 0 aliphatic carbocycles. The summed E-state index contributed by atoms with van der Waals surface area (Å²) in [4.78, 5) is 39.1. The van der Waals surface area contributed by atoms with Gasteiger partial charge in [0.25, 0.3) is 0 Å². The number of aromatic nitrogens is 3. The minimum Gasteiger partial charge on any atom is -0.465 e. The molecule has 10 heteroatoms. The second-order valence-corrected chi connectivity index (χ2v) is 6.96. The van der Waals surface area contributed by atoms with Gasteiger partial charge in [0.15, 0.2) is 0 Å². The molecule has 2 aliphatic rings. The first kappa shape index (κ1) is 17.3. The second kappa shape index (κ2) is 6.86. The molecule has 2 fully saturated rings. The van der Waals surface area contributed by atoms with Gasteiger partial charge in [-0.3, -0.25) is 9.59 Å². The first-order valence-corrected chi connectivity index (χ1v) is 8.90. The third-order valence-corrected chi connectivity index (χ3v) is 5.29. The molecule has 0 radical (unpaired) electrons. The Hall–Kier alpha value is -3.17. The van der Waals surface area contributed by atoms with Crippen molar-refractivity contribution >= 4 is 34.6 Å². The predicted molar refractivity (Wildman–Crippen MR) is 95.0 cm³/mol. The Morgan fingerprint density at radius 2 is 1.93 bits per heavy atom. The minimum absolute atomic E-state index is 0.00243. The number of anilines is 1. The van der Waals surface area contributed by atoms with Gasteiger partial charge in [-0.25, -0.2) is 4.79 Å². The molecule has 27 heavy (non-hydrogen) atoms. The lowest BCUT2D eigenvalue weighted by atomic mass is 10.0. The zero-order chi connectivity index (χ0) is 19.0. The maximum absolute atomic E-state index is 12.6. The Kier molecular flexibility index (Phi) is 4.38. The van der Waals surface area contributed by atoms with Crippen LogP contribution in [0.2, 0.25) is 0 Å². The van der Waals surface area contributed by atoms with Crippen molar-refractivity contribution in [1.82, 2.24) is 25.2 Å². The largest absolute Gasteiger partial charge is 0.465 e. The topological polar surface area (TPSA) is 132 Å². The van der Waals surface area contributed by atoms with Crippen molar-refractivity contribution in [3.05, 3.63) is 18.2 Å². The van der Waals surface area contributed by atoms with Crippen LogP contribution in [0.4, 0.5) is 10.5 Å². The molecule has 0 bridgehead atoms. The van der Waals surface area contributed by atoms with Crippen molar-refractivity contribution in [3.63, 3.8) is 0 Å². The van der Waals surface area contributed by atoms with Gasteiger partial charge in [0.1, 0.15) is 11.0 Å². The zero-order valence-electron chi connectivity index (χ0n) is 14.6. The van der Waals surface area contributed by atoms with Crippen LogP contribution in [0.1, 0.15) is 19.3 Å².